The summed E-state index contributed by atoms with van der Waals surface area (Å²) < 4.78 is 42.0. The van der Waals surface area contributed by atoms with Crippen LogP contribution < -0.4 is 5.32 Å². The summed E-state index contributed by atoms with van der Waals surface area (Å²) in [6.45, 7) is 1.88. The van der Waals surface area contributed by atoms with E-state index in [1.165, 1.54) is 0 Å². The van der Waals surface area contributed by atoms with Crippen molar-refractivity contribution in [2.45, 2.75) is 38.4 Å². The number of carbonyl (C=O) groups is 1. The lowest BCUT2D eigenvalue weighted by molar-refractivity contribution is -0.142. The highest BCUT2D eigenvalue weighted by Gasteiger charge is 2.36. The molecule has 0 aliphatic heterocycles. The van der Waals surface area contributed by atoms with Crippen molar-refractivity contribution < 1.29 is 18.0 Å². The van der Waals surface area contributed by atoms with E-state index >= 15 is 0 Å². The SMILES string of the molecule is Cc1ccc(-c2cc(C(F)(F)F)n3nc(C(=O)NC4CCCc5ccccc54)nc3n2)cc1. The summed E-state index contributed by atoms with van der Waals surface area (Å²) in [5.41, 5.74) is 2.72. The van der Waals surface area contributed by atoms with E-state index in [1.54, 1.807) is 24.3 Å². The van der Waals surface area contributed by atoms with Gasteiger partial charge in [-0.1, -0.05) is 54.1 Å². The molecular formula is C24H20F3N5O. The number of amides is 1. The molecule has 1 atom stereocenters. The van der Waals surface area contributed by atoms with Gasteiger partial charge in [0.15, 0.2) is 5.69 Å². The standard InChI is InChI=1S/C24H20F3N5O/c1-14-9-11-16(12-10-14)19-13-20(24(25,26)27)32-23(29-19)30-21(31-32)22(33)28-18-8-4-6-15-5-2-3-7-17(15)18/h2-3,5,7,9-13,18H,4,6,8H2,1H3,(H,28,33). The molecule has 1 aliphatic carbocycles. The number of nitrogens with one attached hydrogen (secondary N) is 1. The van der Waals surface area contributed by atoms with Gasteiger partial charge >= 0.3 is 6.18 Å². The highest BCUT2D eigenvalue weighted by Crippen LogP contribution is 2.32. The number of rotatable bonds is 3. The monoisotopic (exact) mass is 451 g/mol. The average molecular weight is 451 g/mol. The predicted octanol–water partition coefficient (Wildman–Crippen LogP) is 4.93. The number of nitrogens with zero attached hydrogens (tertiary/aromatic N) is 4. The van der Waals surface area contributed by atoms with Gasteiger partial charge in [0.05, 0.1) is 11.7 Å². The van der Waals surface area contributed by atoms with E-state index in [1.807, 2.05) is 31.2 Å². The number of carbonyl (C=O) groups excluding carboxylic acids is 1. The van der Waals surface area contributed by atoms with Crippen LogP contribution in [0.5, 0.6) is 0 Å². The first-order valence-electron chi connectivity index (χ1n) is 10.6. The molecule has 168 valence electrons. The Labute approximate surface area is 187 Å². The number of hydrogen-bond donors (Lipinski definition) is 1. The van der Waals surface area contributed by atoms with E-state index in [4.69, 9.17) is 0 Å². The van der Waals surface area contributed by atoms with Gasteiger partial charge in [-0.3, -0.25) is 4.79 Å². The smallest absolute Gasteiger partial charge is 0.342 e. The minimum atomic E-state index is -4.70. The maximum Gasteiger partial charge on any atom is 0.433 e. The highest BCUT2D eigenvalue weighted by molar-refractivity contribution is 5.91. The maximum atomic E-state index is 13.8. The molecule has 1 aliphatic rings. The first kappa shape index (κ1) is 21.1. The van der Waals surface area contributed by atoms with E-state index < -0.39 is 17.8 Å². The maximum absolute atomic E-state index is 13.8. The second-order valence-electron chi connectivity index (χ2n) is 8.15. The van der Waals surface area contributed by atoms with Crippen LogP contribution in [0.4, 0.5) is 13.2 Å². The van der Waals surface area contributed by atoms with Crippen LogP contribution in [0.1, 0.15) is 51.9 Å². The lowest BCUT2D eigenvalue weighted by Gasteiger charge is -2.25. The molecule has 9 heteroatoms. The van der Waals surface area contributed by atoms with Gasteiger partial charge in [0.1, 0.15) is 0 Å². The minimum absolute atomic E-state index is 0.107. The molecule has 1 unspecified atom stereocenters. The van der Waals surface area contributed by atoms with E-state index in [2.05, 4.69) is 20.4 Å². The number of aryl methyl sites for hydroxylation is 2. The van der Waals surface area contributed by atoms with Crippen molar-refractivity contribution in [2.75, 3.05) is 0 Å². The van der Waals surface area contributed by atoms with Gasteiger partial charge in [-0.2, -0.15) is 22.7 Å². The van der Waals surface area contributed by atoms with Crippen molar-refractivity contribution in [3.05, 3.63) is 82.8 Å². The van der Waals surface area contributed by atoms with E-state index in [9.17, 15) is 18.0 Å². The van der Waals surface area contributed by atoms with Gasteiger partial charge in [-0.05, 0) is 43.4 Å². The molecule has 2 heterocycles. The van der Waals surface area contributed by atoms with Crippen LogP contribution in [0.15, 0.2) is 54.6 Å². The van der Waals surface area contributed by atoms with Gasteiger partial charge in [0, 0.05) is 5.56 Å². The van der Waals surface area contributed by atoms with Crippen molar-refractivity contribution in [3.8, 4) is 11.3 Å². The lowest BCUT2D eigenvalue weighted by atomic mass is 9.88. The molecule has 1 amide bonds. The number of halogens is 3. The van der Waals surface area contributed by atoms with Gasteiger partial charge in [0.25, 0.3) is 11.7 Å². The Morgan fingerprint density at radius 3 is 2.61 bits per heavy atom. The number of benzene rings is 2. The third kappa shape index (κ3) is 4.06. The second-order valence-corrected chi connectivity index (χ2v) is 8.15. The Morgan fingerprint density at radius 1 is 1.09 bits per heavy atom. The molecule has 2 aromatic carbocycles. The van der Waals surface area contributed by atoms with Crippen molar-refractivity contribution in [2.24, 2.45) is 0 Å². The normalized spacial score (nSPS) is 15.9. The van der Waals surface area contributed by atoms with Crippen LogP contribution in [-0.4, -0.2) is 25.5 Å². The molecule has 1 N–H and O–H groups in total. The number of aromatic nitrogens is 4. The summed E-state index contributed by atoms with van der Waals surface area (Å²) in [6.07, 6.45) is -2.14. The molecule has 0 saturated carbocycles. The summed E-state index contributed by atoms with van der Waals surface area (Å²) in [5.74, 6) is -1.26. The Morgan fingerprint density at radius 2 is 1.85 bits per heavy atom. The van der Waals surface area contributed by atoms with Gasteiger partial charge in [0.2, 0.25) is 5.82 Å². The van der Waals surface area contributed by atoms with Crippen molar-refractivity contribution in [3.63, 3.8) is 0 Å². The molecular weight excluding hydrogens is 431 g/mol. The van der Waals surface area contributed by atoms with Crippen molar-refractivity contribution in [1.82, 2.24) is 24.9 Å². The first-order chi connectivity index (χ1) is 15.8. The van der Waals surface area contributed by atoms with Gasteiger partial charge in [-0.25, -0.2) is 4.98 Å². The van der Waals surface area contributed by atoms with Crippen LogP contribution >= 0.6 is 0 Å². The summed E-state index contributed by atoms with van der Waals surface area (Å²) in [4.78, 5) is 21.2. The van der Waals surface area contributed by atoms with Gasteiger partial charge < -0.3 is 5.32 Å². The van der Waals surface area contributed by atoms with Crippen LogP contribution in [0.3, 0.4) is 0 Å². The number of fused-ring (bicyclic) bond motifs is 2. The third-order valence-corrected chi connectivity index (χ3v) is 5.83. The molecule has 4 aromatic rings. The molecule has 6 nitrogen and oxygen atoms in total. The summed E-state index contributed by atoms with van der Waals surface area (Å²) in [6, 6.07) is 15.5. The van der Waals surface area contributed by atoms with Crippen LogP contribution in [0.2, 0.25) is 0 Å². The summed E-state index contributed by atoms with van der Waals surface area (Å²) in [7, 11) is 0. The summed E-state index contributed by atoms with van der Waals surface area (Å²) in [5, 5.41) is 6.74. The topological polar surface area (TPSA) is 72.2 Å². The quantitative estimate of drug-likeness (QED) is 0.480. The first-order valence-corrected chi connectivity index (χ1v) is 10.6. The van der Waals surface area contributed by atoms with Crippen LogP contribution in [0, 0.1) is 6.92 Å². The van der Waals surface area contributed by atoms with Crippen molar-refractivity contribution >= 4 is 11.7 Å². The second kappa shape index (κ2) is 7.99. The van der Waals surface area contributed by atoms with E-state index in [-0.39, 0.29) is 23.3 Å². The zero-order valence-electron chi connectivity index (χ0n) is 17.7. The Hall–Kier alpha value is -3.75. The zero-order chi connectivity index (χ0) is 23.2. The van der Waals surface area contributed by atoms with E-state index in [0.29, 0.717) is 10.1 Å². The molecule has 0 bridgehead atoms. The Kier molecular flexibility index (Phi) is 5.11. The van der Waals surface area contributed by atoms with Crippen LogP contribution in [-0.2, 0) is 12.6 Å². The minimum Gasteiger partial charge on any atom is -0.342 e. The largest absolute Gasteiger partial charge is 0.433 e. The fraction of sp³-hybridized carbons (Fsp3) is 0.250. The molecule has 2 aromatic heterocycles. The Bertz CT molecular complexity index is 1340. The van der Waals surface area contributed by atoms with Gasteiger partial charge in [-0.15, -0.1) is 5.10 Å². The molecule has 0 saturated heterocycles. The molecule has 0 spiro atoms. The lowest BCUT2D eigenvalue weighted by Crippen LogP contribution is -2.31. The zero-order valence-corrected chi connectivity index (χ0v) is 17.7. The van der Waals surface area contributed by atoms with Crippen molar-refractivity contribution in [1.29, 1.82) is 0 Å². The molecule has 5 rings (SSSR count). The van der Waals surface area contributed by atoms with Crippen LogP contribution in [0.25, 0.3) is 17.0 Å². The summed E-state index contributed by atoms with van der Waals surface area (Å²) >= 11 is 0. The molecule has 33 heavy (non-hydrogen) atoms. The number of hydrogen-bond acceptors (Lipinski definition) is 4. The fourth-order valence-corrected chi connectivity index (χ4v) is 4.17. The molecule has 0 radical (unpaired) electrons. The molecule has 0 fully saturated rings. The fourth-order valence-electron chi connectivity index (χ4n) is 4.17. The predicted molar refractivity (Wildman–Crippen MR) is 116 cm³/mol. The van der Waals surface area contributed by atoms with E-state index in [0.717, 1.165) is 42.0 Å². The average Bonchev–Trinajstić information content (AvgIpc) is 3.23. The number of alkyl halides is 3. The Balaban J connectivity index is 1.52. The third-order valence-electron chi connectivity index (χ3n) is 5.83. The highest BCUT2D eigenvalue weighted by atomic mass is 19.4.